The zero-order valence-electron chi connectivity index (χ0n) is 9.44. The molecule has 1 aliphatic heterocycles. The van der Waals surface area contributed by atoms with Crippen LogP contribution in [0.3, 0.4) is 0 Å². The van der Waals surface area contributed by atoms with Gasteiger partial charge in [-0.1, -0.05) is 29.3 Å². The maximum absolute atomic E-state index is 6.32. The summed E-state index contributed by atoms with van der Waals surface area (Å²) in [7, 11) is 0. The van der Waals surface area contributed by atoms with Crippen LogP contribution in [0.2, 0.25) is 5.02 Å². The van der Waals surface area contributed by atoms with Crippen LogP contribution in [0.4, 0.5) is 0 Å². The van der Waals surface area contributed by atoms with Gasteiger partial charge in [0, 0.05) is 5.02 Å². The Kier molecular flexibility index (Phi) is 3.32. The van der Waals surface area contributed by atoms with Crippen molar-refractivity contribution in [2.75, 3.05) is 13.1 Å². The quantitative estimate of drug-likeness (QED) is 0.813. The highest BCUT2D eigenvalue weighted by atomic mass is 35.5. The van der Waals surface area contributed by atoms with E-state index >= 15 is 0 Å². The van der Waals surface area contributed by atoms with Gasteiger partial charge in [-0.15, -0.1) is 0 Å². The highest BCUT2D eigenvalue weighted by Crippen LogP contribution is 2.26. The predicted molar refractivity (Wildman–Crippen MR) is 65.6 cm³/mol. The fraction of sp³-hybridized carbons (Fsp3) is 0.538. The molecule has 1 aromatic rings. The third-order valence-corrected chi connectivity index (χ3v) is 3.69. The lowest BCUT2D eigenvalue weighted by molar-refractivity contribution is 0.580. The van der Waals surface area contributed by atoms with Crippen LogP contribution >= 0.6 is 11.6 Å². The number of halogens is 1. The van der Waals surface area contributed by atoms with Gasteiger partial charge >= 0.3 is 0 Å². The first-order valence-corrected chi connectivity index (χ1v) is 6.01. The van der Waals surface area contributed by atoms with Crippen molar-refractivity contribution in [3.8, 4) is 0 Å². The smallest absolute Gasteiger partial charge is 0.0467 e. The number of rotatable bonds is 2. The molecule has 1 nitrogen and oxygen atoms in total. The SMILES string of the molecule is Cc1cc(C)c(Cl)c(CC2CCNC2)c1. The average Bonchev–Trinajstić information content (AvgIpc) is 2.66. The van der Waals surface area contributed by atoms with E-state index in [0.29, 0.717) is 0 Å². The fourth-order valence-corrected chi connectivity index (χ4v) is 2.57. The van der Waals surface area contributed by atoms with Gasteiger partial charge in [-0.25, -0.2) is 0 Å². The summed E-state index contributed by atoms with van der Waals surface area (Å²) >= 11 is 6.32. The molecule has 1 atom stereocenters. The summed E-state index contributed by atoms with van der Waals surface area (Å²) in [5.74, 6) is 0.767. The van der Waals surface area contributed by atoms with Crippen molar-refractivity contribution in [2.24, 2.45) is 5.92 Å². The molecule has 0 saturated carbocycles. The van der Waals surface area contributed by atoms with Crippen molar-refractivity contribution >= 4 is 11.6 Å². The van der Waals surface area contributed by atoms with Gasteiger partial charge in [0.2, 0.25) is 0 Å². The lowest BCUT2D eigenvalue weighted by Crippen LogP contribution is -2.11. The Morgan fingerprint density at radius 1 is 1.40 bits per heavy atom. The van der Waals surface area contributed by atoms with Crippen molar-refractivity contribution in [1.82, 2.24) is 5.32 Å². The van der Waals surface area contributed by atoms with Crippen molar-refractivity contribution < 1.29 is 0 Å². The lowest BCUT2D eigenvalue weighted by Gasteiger charge is -2.12. The van der Waals surface area contributed by atoms with E-state index < -0.39 is 0 Å². The Balaban J connectivity index is 2.19. The topological polar surface area (TPSA) is 12.0 Å². The van der Waals surface area contributed by atoms with Crippen LogP contribution in [0.1, 0.15) is 23.1 Å². The van der Waals surface area contributed by atoms with Gasteiger partial charge < -0.3 is 5.32 Å². The minimum atomic E-state index is 0.767. The Morgan fingerprint density at radius 3 is 2.87 bits per heavy atom. The molecule has 0 radical (unpaired) electrons. The molecule has 1 aliphatic rings. The highest BCUT2D eigenvalue weighted by molar-refractivity contribution is 6.32. The Labute approximate surface area is 96.8 Å². The molecule has 2 heteroatoms. The third-order valence-electron chi connectivity index (χ3n) is 3.15. The summed E-state index contributed by atoms with van der Waals surface area (Å²) in [4.78, 5) is 0. The van der Waals surface area contributed by atoms with E-state index in [1.807, 2.05) is 0 Å². The van der Waals surface area contributed by atoms with E-state index in [9.17, 15) is 0 Å². The predicted octanol–water partition coefficient (Wildman–Crippen LogP) is 3.11. The maximum atomic E-state index is 6.32. The molecule has 1 N–H and O–H groups in total. The maximum Gasteiger partial charge on any atom is 0.0467 e. The molecule has 1 unspecified atom stereocenters. The van der Waals surface area contributed by atoms with Crippen LogP contribution in [-0.2, 0) is 6.42 Å². The molecule has 1 aromatic carbocycles. The van der Waals surface area contributed by atoms with E-state index in [2.05, 4.69) is 31.3 Å². The summed E-state index contributed by atoms with van der Waals surface area (Å²) in [6.07, 6.45) is 2.40. The van der Waals surface area contributed by atoms with Gasteiger partial charge in [-0.3, -0.25) is 0 Å². The van der Waals surface area contributed by atoms with Gasteiger partial charge in [0.05, 0.1) is 0 Å². The summed E-state index contributed by atoms with van der Waals surface area (Å²) in [6, 6.07) is 4.38. The zero-order valence-corrected chi connectivity index (χ0v) is 10.2. The number of hydrogen-bond donors (Lipinski definition) is 1. The van der Waals surface area contributed by atoms with Gasteiger partial charge in [-0.05, 0) is 56.8 Å². The number of nitrogens with one attached hydrogen (secondary N) is 1. The lowest BCUT2D eigenvalue weighted by atomic mass is 9.96. The van der Waals surface area contributed by atoms with Gasteiger partial charge in [0.15, 0.2) is 0 Å². The van der Waals surface area contributed by atoms with E-state index in [1.165, 1.54) is 23.1 Å². The Morgan fingerprint density at radius 2 is 2.20 bits per heavy atom. The molecule has 1 saturated heterocycles. The summed E-state index contributed by atoms with van der Waals surface area (Å²) in [5.41, 5.74) is 3.85. The Hall–Kier alpha value is -0.530. The Bertz CT molecular complexity index is 354. The summed E-state index contributed by atoms with van der Waals surface area (Å²) < 4.78 is 0. The molecule has 0 aromatic heterocycles. The second-order valence-corrected chi connectivity index (χ2v) is 5.00. The first-order chi connectivity index (χ1) is 7.16. The van der Waals surface area contributed by atoms with Crippen LogP contribution in [0.25, 0.3) is 0 Å². The largest absolute Gasteiger partial charge is 0.316 e. The molecular formula is C13H18ClN. The van der Waals surface area contributed by atoms with Crippen LogP contribution < -0.4 is 5.32 Å². The van der Waals surface area contributed by atoms with Crippen LogP contribution in [0.15, 0.2) is 12.1 Å². The van der Waals surface area contributed by atoms with Crippen molar-refractivity contribution in [3.05, 3.63) is 33.8 Å². The van der Waals surface area contributed by atoms with E-state index in [4.69, 9.17) is 11.6 Å². The van der Waals surface area contributed by atoms with Crippen molar-refractivity contribution in [2.45, 2.75) is 26.7 Å². The van der Waals surface area contributed by atoms with E-state index in [1.54, 1.807) is 0 Å². The molecule has 0 aliphatic carbocycles. The minimum absolute atomic E-state index is 0.767. The van der Waals surface area contributed by atoms with Crippen molar-refractivity contribution in [1.29, 1.82) is 0 Å². The monoisotopic (exact) mass is 223 g/mol. The first kappa shape index (κ1) is 11.0. The third kappa shape index (κ3) is 2.53. The average molecular weight is 224 g/mol. The van der Waals surface area contributed by atoms with Crippen LogP contribution in [0, 0.1) is 19.8 Å². The van der Waals surface area contributed by atoms with Crippen LogP contribution in [-0.4, -0.2) is 13.1 Å². The highest BCUT2D eigenvalue weighted by Gasteiger charge is 2.16. The van der Waals surface area contributed by atoms with Gasteiger partial charge in [0.25, 0.3) is 0 Å². The molecule has 0 amide bonds. The fourth-order valence-electron chi connectivity index (χ4n) is 2.39. The second-order valence-electron chi connectivity index (χ2n) is 4.62. The summed E-state index contributed by atoms with van der Waals surface area (Å²) in [5, 5.41) is 4.36. The van der Waals surface area contributed by atoms with Crippen molar-refractivity contribution in [3.63, 3.8) is 0 Å². The van der Waals surface area contributed by atoms with Gasteiger partial charge in [0.1, 0.15) is 0 Å². The number of aryl methyl sites for hydroxylation is 2. The molecule has 1 heterocycles. The van der Waals surface area contributed by atoms with Gasteiger partial charge in [-0.2, -0.15) is 0 Å². The standard InChI is InChI=1S/C13H18ClN/c1-9-5-10(2)13(14)12(6-9)7-11-3-4-15-8-11/h5-6,11,15H,3-4,7-8H2,1-2H3. The molecule has 15 heavy (non-hydrogen) atoms. The second kappa shape index (κ2) is 4.54. The number of benzene rings is 1. The molecule has 82 valence electrons. The van der Waals surface area contributed by atoms with E-state index in [-0.39, 0.29) is 0 Å². The van der Waals surface area contributed by atoms with Crippen LogP contribution in [0.5, 0.6) is 0 Å². The minimum Gasteiger partial charge on any atom is -0.316 e. The number of hydrogen-bond acceptors (Lipinski definition) is 1. The zero-order chi connectivity index (χ0) is 10.8. The molecule has 0 bridgehead atoms. The molecular weight excluding hydrogens is 206 g/mol. The first-order valence-electron chi connectivity index (χ1n) is 5.63. The normalized spacial score (nSPS) is 20.9. The molecule has 0 spiro atoms. The van der Waals surface area contributed by atoms with E-state index in [0.717, 1.165) is 30.5 Å². The summed E-state index contributed by atoms with van der Waals surface area (Å²) in [6.45, 7) is 6.53. The molecule has 2 rings (SSSR count). The molecule has 1 fully saturated rings.